The number of hydrogen-bond acceptors (Lipinski definition) is 3. The van der Waals surface area contributed by atoms with Crippen LogP contribution in [0.5, 0.6) is 0 Å². The van der Waals surface area contributed by atoms with Gasteiger partial charge in [-0.1, -0.05) is 17.7 Å². The summed E-state index contributed by atoms with van der Waals surface area (Å²) < 4.78 is 14.8. The van der Waals surface area contributed by atoms with Crippen molar-refractivity contribution in [3.05, 3.63) is 63.3 Å². The number of anilines is 1. The fraction of sp³-hybridized carbons (Fsp3) is 0.200. The van der Waals surface area contributed by atoms with Gasteiger partial charge in [0.2, 0.25) is 0 Å². The number of carbonyl (C=O) groups excluding carboxylic acids is 1. The molecule has 1 unspecified atom stereocenters. The number of pyridine rings is 1. The normalized spacial score (nSPS) is 11.8. The Morgan fingerprint density at radius 3 is 2.83 bits per heavy atom. The van der Waals surface area contributed by atoms with Gasteiger partial charge in [0.05, 0.1) is 17.7 Å². The minimum absolute atomic E-state index is 0.0531. The van der Waals surface area contributed by atoms with E-state index in [0.717, 1.165) is 6.07 Å². The molecule has 0 aliphatic carbocycles. The monoisotopic (exact) mass is 339 g/mol. The summed E-state index contributed by atoms with van der Waals surface area (Å²) in [6.07, 6.45) is 1.55. The van der Waals surface area contributed by atoms with Gasteiger partial charge >= 0.3 is 6.03 Å². The molecule has 122 valence electrons. The fourth-order valence-electron chi connectivity index (χ4n) is 1.97. The minimum atomic E-state index is -0.839. The van der Waals surface area contributed by atoms with E-state index in [4.69, 9.17) is 11.6 Å². The van der Waals surface area contributed by atoms with Crippen LogP contribution in [0.2, 0.25) is 5.02 Å². The van der Waals surface area contributed by atoms with Crippen molar-refractivity contribution in [1.29, 1.82) is 0 Å². The highest BCUT2D eigenvalue weighted by Gasteiger charge is 2.16. The van der Waals surface area contributed by atoms with Gasteiger partial charge in [0.1, 0.15) is 11.5 Å². The van der Waals surface area contributed by atoms with Crippen molar-refractivity contribution in [3.63, 3.8) is 0 Å². The third-order valence-electron chi connectivity index (χ3n) is 3.21. The van der Waals surface area contributed by atoms with E-state index >= 15 is 0 Å². The maximum absolute atomic E-state index is 13.5. The van der Waals surface area contributed by atoms with Crippen LogP contribution in [-0.2, 0) is 7.05 Å². The van der Waals surface area contributed by atoms with E-state index in [9.17, 15) is 19.1 Å². The average molecular weight is 340 g/mol. The van der Waals surface area contributed by atoms with E-state index in [1.165, 1.54) is 22.8 Å². The van der Waals surface area contributed by atoms with Crippen LogP contribution in [-0.4, -0.2) is 22.3 Å². The van der Waals surface area contributed by atoms with E-state index in [-0.39, 0.29) is 16.3 Å². The van der Waals surface area contributed by atoms with Gasteiger partial charge in [0, 0.05) is 13.2 Å². The van der Waals surface area contributed by atoms with Crippen LogP contribution in [0.4, 0.5) is 14.9 Å². The first-order valence-electron chi connectivity index (χ1n) is 6.71. The smallest absolute Gasteiger partial charge is 0.319 e. The number of aromatic nitrogens is 1. The number of nitrogens with zero attached hydrogens (tertiary/aromatic N) is 1. The molecule has 23 heavy (non-hydrogen) atoms. The molecule has 0 saturated heterocycles. The third-order valence-corrected chi connectivity index (χ3v) is 3.51. The van der Waals surface area contributed by atoms with Crippen LogP contribution in [0.25, 0.3) is 0 Å². The number of halogens is 2. The predicted octanol–water partition coefficient (Wildman–Crippen LogP) is 2.03. The summed E-state index contributed by atoms with van der Waals surface area (Å²) in [4.78, 5) is 23.8. The lowest BCUT2D eigenvalue weighted by Crippen LogP contribution is -2.36. The molecule has 6 nitrogen and oxygen atoms in total. The SMILES string of the molecule is Cn1cccc(NC(=O)NC(CO)c2ccc(Cl)c(F)c2)c1=O. The molecule has 0 radical (unpaired) electrons. The molecule has 0 saturated carbocycles. The van der Waals surface area contributed by atoms with E-state index in [1.807, 2.05) is 0 Å². The lowest BCUT2D eigenvalue weighted by molar-refractivity contribution is 0.225. The molecule has 2 aromatic rings. The Balaban J connectivity index is 2.12. The van der Waals surface area contributed by atoms with Gasteiger partial charge in [-0.25, -0.2) is 9.18 Å². The Kier molecular flexibility index (Phi) is 5.36. The Hall–Kier alpha value is -2.38. The molecule has 2 rings (SSSR count). The number of urea groups is 1. The highest BCUT2D eigenvalue weighted by Crippen LogP contribution is 2.20. The van der Waals surface area contributed by atoms with Crippen molar-refractivity contribution in [3.8, 4) is 0 Å². The molecule has 1 aromatic carbocycles. The number of hydrogen-bond donors (Lipinski definition) is 3. The summed E-state index contributed by atoms with van der Waals surface area (Å²) in [5.41, 5.74) is 0.0673. The first-order chi connectivity index (χ1) is 10.9. The molecule has 1 aromatic heterocycles. The molecular weight excluding hydrogens is 325 g/mol. The average Bonchev–Trinajstić information content (AvgIpc) is 2.52. The van der Waals surface area contributed by atoms with Gasteiger partial charge < -0.3 is 20.3 Å². The van der Waals surface area contributed by atoms with E-state index in [2.05, 4.69) is 10.6 Å². The highest BCUT2D eigenvalue weighted by atomic mass is 35.5. The fourth-order valence-corrected chi connectivity index (χ4v) is 2.09. The molecule has 2 amide bonds. The van der Waals surface area contributed by atoms with Crippen LogP contribution >= 0.6 is 11.6 Å². The molecule has 0 bridgehead atoms. The number of aryl methyl sites for hydroxylation is 1. The molecule has 0 fully saturated rings. The van der Waals surface area contributed by atoms with Crippen LogP contribution < -0.4 is 16.2 Å². The topological polar surface area (TPSA) is 83.4 Å². The van der Waals surface area contributed by atoms with Gasteiger partial charge in [-0.3, -0.25) is 4.79 Å². The van der Waals surface area contributed by atoms with Crippen molar-refractivity contribution in [2.24, 2.45) is 7.05 Å². The Morgan fingerprint density at radius 2 is 2.17 bits per heavy atom. The summed E-state index contributed by atoms with van der Waals surface area (Å²) in [5.74, 6) is -0.651. The number of aliphatic hydroxyl groups excluding tert-OH is 1. The molecular formula is C15H15ClFN3O3. The zero-order chi connectivity index (χ0) is 17.0. The number of benzene rings is 1. The second-order valence-corrected chi connectivity index (χ2v) is 5.25. The maximum Gasteiger partial charge on any atom is 0.319 e. The van der Waals surface area contributed by atoms with Crippen LogP contribution in [0.15, 0.2) is 41.3 Å². The Morgan fingerprint density at radius 1 is 1.43 bits per heavy atom. The molecule has 0 aliphatic heterocycles. The molecule has 3 N–H and O–H groups in total. The largest absolute Gasteiger partial charge is 0.394 e. The summed E-state index contributed by atoms with van der Waals surface area (Å²) in [6.45, 7) is -0.443. The number of nitrogens with one attached hydrogen (secondary N) is 2. The lowest BCUT2D eigenvalue weighted by atomic mass is 10.1. The molecule has 8 heteroatoms. The second kappa shape index (κ2) is 7.26. The molecule has 1 atom stereocenters. The van der Waals surface area contributed by atoms with Gasteiger partial charge in [-0.15, -0.1) is 0 Å². The Bertz CT molecular complexity index is 779. The number of amides is 2. The van der Waals surface area contributed by atoms with Gasteiger partial charge in [-0.2, -0.15) is 0 Å². The zero-order valence-corrected chi connectivity index (χ0v) is 13.0. The predicted molar refractivity (Wildman–Crippen MR) is 85.1 cm³/mol. The standard InChI is InChI=1S/C15H15ClFN3O3/c1-20-6-2-3-12(14(20)22)18-15(23)19-13(8-21)9-4-5-10(16)11(17)7-9/h2-7,13,21H,8H2,1H3,(H2,18,19,23). The zero-order valence-electron chi connectivity index (χ0n) is 12.2. The molecule has 0 aliphatic rings. The van der Waals surface area contributed by atoms with Crippen molar-refractivity contribution in [1.82, 2.24) is 9.88 Å². The summed E-state index contributed by atoms with van der Waals surface area (Å²) in [5, 5.41) is 14.2. The van der Waals surface area contributed by atoms with Crippen LogP contribution in [0, 0.1) is 5.82 Å². The van der Waals surface area contributed by atoms with E-state index in [1.54, 1.807) is 19.3 Å². The number of aliphatic hydroxyl groups is 1. The van der Waals surface area contributed by atoms with Crippen molar-refractivity contribution >= 4 is 23.3 Å². The first-order valence-corrected chi connectivity index (χ1v) is 7.09. The van der Waals surface area contributed by atoms with Crippen molar-refractivity contribution in [2.45, 2.75) is 6.04 Å². The lowest BCUT2D eigenvalue weighted by Gasteiger charge is -2.17. The van der Waals surface area contributed by atoms with Crippen molar-refractivity contribution in [2.75, 3.05) is 11.9 Å². The third kappa shape index (κ3) is 4.08. The van der Waals surface area contributed by atoms with Gasteiger partial charge in [0.15, 0.2) is 0 Å². The summed E-state index contributed by atoms with van der Waals surface area (Å²) >= 11 is 5.60. The highest BCUT2D eigenvalue weighted by molar-refractivity contribution is 6.30. The minimum Gasteiger partial charge on any atom is -0.394 e. The quantitative estimate of drug-likeness (QED) is 0.797. The Labute approximate surface area is 136 Å². The summed E-state index contributed by atoms with van der Waals surface area (Å²) in [7, 11) is 1.55. The number of rotatable bonds is 4. The molecule has 0 spiro atoms. The van der Waals surface area contributed by atoms with Crippen molar-refractivity contribution < 1.29 is 14.3 Å². The van der Waals surface area contributed by atoms with E-state index < -0.39 is 24.5 Å². The first kappa shape index (κ1) is 17.0. The maximum atomic E-state index is 13.5. The molecule has 1 heterocycles. The number of carbonyl (C=O) groups is 1. The van der Waals surface area contributed by atoms with Gasteiger partial charge in [-0.05, 0) is 29.8 Å². The van der Waals surface area contributed by atoms with Crippen LogP contribution in [0.3, 0.4) is 0 Å². The summed E-state index contributed by atoms with van der Waals surface area (Å²) in [6, 6.07) is 5.49. The van der Waals surface area contributed by atoms with E-state index in [0.29, 0.717) is 5.56 Å². The van der Waals surface area contributed by atoms with Gasteiger partial charge in [0.25, 0.3) is 5.56 Å². The second-order valence-electron chi connectivity index (χ2n) is 4.85. The van der Waals surface area contributed by atoms with Crippen LogP contribution in [0.1, 0.15) is 11.6 Å².